The van der Waals surface area contributed by atoms with E-state index in [4.69, 9.17) is 4.74 Å². The average Bonchev–Trinajstić information content (AvgIpc) is 1.87. The Kier molecular flexibility index (Phi) is 7.04. The monoisotopic (exact) mass is 143 g/mol. The number of hydrogen-bond acceptors (Lipinski definition) is 1. The van der Waals surface area contributed by atoms with Gasteiger partial charge in [0.2, 0.25) is 0 Å². The first-order valence-electron chi connectivity index (χ1n) is 4.14. The summed E-state index contributed by atoms with van der Waals surface area (Å²) in [4.78, 5) is 0. The summed E-state index contributed by atoms with van der Waals surface area (Å²) in [5.74, 6) is 0.848. The second kappa shape index (κ2) is 7.07. The Bertz CT molecular complexity index is 59.7. The Balaban J connectivity index is 2.77. The molecule has 0 atom stereocenters. The van der Waals surface area contributed by atoms with Crippen LogP contribution in [0.3, 0.4) is 0 Å². The minimum absolute atomic E-state index is 0.818. The summed E-state index contributed by atoms with van der Waals surface area (Å²) in [5, 5.41) is 0. The Labute approximate surface area is 64.8 Å². The highest BCUT2D eigenvalue weighted by Crippen LogP contribution is 2.07. The van der Waals surface area contributed by atoms with Gasteiger partial charge in [-0.05, 0) is 12.3 Å². The Morgan fingerprint density at radius 1 is 1.20 bits per heavy atom. The van der Waals surface area contributed by atoms with Crippen molar-refractivity contribution in [2.45, 2.75) is 39.5 Å². The van der Waals surface area contributed by atoms with Gasteiger partial charge in [-0.2, -0.15) is 0 Å². The van der Waals surface area contributed by atoms with Gasteiger partial charge < -0.3 is 4.74 Å². The van der Waals surface area contributed by atoms with Crippen LogP contribution in [0.25, 0.3) is 0 Å². The highest BCUT2D eigenvalue weighted by Gasteiger charge is 1.92. The van der Waals surface area contributed by atoms with Crippen molar-refractivity contribution < 1.29 is 4.74 Å². The average molecular weight is 143 g/mol. The van der Waals surface area contributed by atoms with Crippen molar-refractivity contribution in [2.24, 2.45) is 5.92 Å². The maximum absolute atomic E-state index is 4.70. The molecule has 10 heavy (non-hydrogen) atoms. The molecule has 0 spiro atoms. The van der Waals surface area contributed by atoms with Gasteiger partial charge in [0, 0.05) is 6.61 Å². The molecule has 0 bridgehead atoms. The Hall–Kier alpha value is -0.0400. The predicted octanol–water partition coefficient (Wildman–Crippen LogP) is 3.01. The molecule has 0 N–H and O–H groups in total. The highest BCUT2D eigenvalue weighted by atomic mass is 16.5. The van der Waals surface area contributed by atoms with E-state index in [0.717, 1.165) is 18.9 Å². The van der Waals surface area contributed by atoms with E-state index in [9.17, 15) is 0 Å². The van der Waals surface area contributed by atoms with Gasteiger partial charge in [-0.15, -0.1) is 0 Å². The van der Waals surface area contributed by atoms with E-state index >= 15 is 0 Å². The van der Waals surface area contributed by atoms with E-state index < -0.39 is 0 Å². The van der Waals surface area contributed by atoms with Crippen LogP contribution in [-0.2, 0) is 4.74 Å². The minimum atomic E-state index is 0.818. The first kappa shape index (κ1) is 9.96. The standard InChI is InChI=1S/C9H19O/c1-9(2)7-5-4-6-8-10-3/h9H,3-8H2,1-2H3. The predicted molar refractivity (Wildman–Crippen MR) is 44.6 cm³/mol. The van der Waals surface area contributed by atoms with Crippen LogP contribution in [0.1, 0.15) is 39.5 Å². The molecular weight excluding hydrogens is 124 g/mol. The van der Waals surface area contributed by atoms with Crippen molar-refractivity contribution in [3.8, 4) is 0 Å². The maximum atomic E-state index is 4.70. The molecule has 1 radical (unpaired) electrons. The van der Waals surface area contributed by atoms with Gasteiger partial charge in [0.25, 0.3) is 0 Å². The zero-order valence-electron chi connectivity index (χ0n) is 7.23. The molecular formula is C9H19O. The molecule has 0 aliphatic carbocycles. The van der Waals surface area contributed by atoms with E-state index in [-0.39, 0.29) is 0 Å². The summed E-state index contributed by atoms with van der Waals surface area (Å²) in [6.45, 7) is 5.34. The molecule has 0 rings (SSSR count). The number of rotatable bonds is 6. The molecule has 0 aliphatic rings. The highest BCUT2D eigenvalue weighted by molar-refractivity contribution is 4.46. The lowest BCUT2D eigenvalue weighted by molar-refractivity contribution is 0.233. The van der Waals surface area contributed by atoms with E-state index in [0.29, 0.717) is 0 Å². The molecule has 1 nitrogen and oxygen atoms in total. The minimum Gasteiger partial charge on any atom is -0.379 e. The molecule has 0 aromatic rings. The third-order valence-corrected chi connectivity index (χ3v) is 1.57. The molecule has 0 heterocycles. The lowest BCUT2D eigenvalue weighted by Gasteiger charge is -2.02. The zero-order valence-corrected chi connectivity index (χ0v) is 7.23. The van der Waals surface area contributed by atoms with Crippen LogP contribution in [0.15, 0.2) is 0 Å². The number of unbranched alkanes of at least 4 members (excludes halogenated alkanes) is 2. The summed E-state index contributed by atoms with van der Waals surface area (Å²) in [7, 11) is 3.32. The van der Waals surface area contributed by atoms with Gasteiger partial charge in [-0.3, -0.25) is 0 Å². The van der Waals surface area contributed by atoms with E-state index in [1.807, 2.05) is 0 Å². The van der Waals surface area contributed by atoms with Crippen LogP contribution in [0.2, 0.25) is 0 Å². The molecule has 0 unspecified atom stereocenters. The van der Waals surface area contributed by atoms with Gasteiger partial charge >= 0.3 is 0 Å². The van der Waals surface area contributed by atoms with Crippen molar-refractivity contribution in [1.82, 2.24) is 0 Å². The lowest BCUT2D eigenvalue weighted by Crippen LogP contribution is -1.90. The van der Waals surface area contributed by atoms with Crippen LogP contribution in [0, 0.1) is 13.0 Å². The molecule has 0 amide bonds. The molecule has 0 saturated carbocycles. The second-order valence-corrected chi connectivity index (χ2v) is 3.15. The fraction of sp³-hybridized carbons (Fsp3) is 0.889. The van der Waals surface area contributed by atoms with E-state index in [1.165, 1.54) is 19.3 Å². The summed E-state index contributed by atoms with van der Waals surface area (Å²) in [6.07, 6.45) is 5.13. The fourth-order valence-electron chi connectivity index (χ4n) is 0.933. The van der Waals surface area contributed by atoms with Crippen molar-refractivity contribution in [3.63, 3.8) is 0 Å². The van der Waals surface area contributed by atoms with Gasteiger partial charge in [0.1, 0.15) is 0 Å². The first-order chi connectivity index (χ1) is 4.77. The lowest BCUT2D eigenvalue weighted by atomic mass is 10.1. The molecule has 0 fully saturated rings. The van der Waals surface area contributed by atoms with E-state index in [2.05, 4.69) is 21.0 Å². The molecule has 0 aromatic heterocycles. The number of hydrogen-bond donors (Lipinski definition) is 0. The van der Waals surface area contributed by atoms with Crippen molar-refractivity contribution in [3.05, 3.63) is 7.11 Å². The first-order valence-corrected chi connectivity index (χ1v) is 4.14. The molecule has 1 heteroatoms. The normalized spacial score (nSPS) is 10.8. The second-order valence-electron chi connectivity index (χ2n) is 3.15. The van der Waals surface area contributed by atoms with Gasteiger partial charge in [-0.25, -0.2) is 0 Å². The zero-order chi connectivity index (χ0) is 7.82. The SMILES string of the molecule is [CH2]OCCCCCC(C)C. The molecule has 61 valence electrons. The van der Waals surface area contributed by atoms with E-state index in [1.54, 1.807) is 0 Å². The van der Waals surface area contributed by atoms with Gasteiger partial charge in [0.05, 0.1) is 7.11 Å². The Morgan fingerprint density at radius 3 is 2.40 bits per heavy atom. The van der Waals surface area contributed by atoms with Crippen LogP contribution in [0.4, 0.5) is 0 Å². The van der Waals surface area contributed by atoms with Gasteiger partial charge in [0.15, 0.2) is 0 Å². The maximum Gasteiger partial charge on any atom is 0.0700 e. The molecule has 0 aliphatic heterocycles. The number of ether oxygens (including phenoxy) is 1. The van der Waals surface area contributed by atoms with Crippen LogP contribution < -0.4 is 0 Å². The summed E-state index contributed by atoms with van der Waals surface area (Å²) >= 11 is 0. The molecule has 0 aromatic carbocycles. The third-order valence-electron chi connectivity index (χ3n) is 1.57. The summed E-state index contributed by atoms with van der Waals surface area (Å²) in [6, 6.07) is 0. The van der Waals surface area contributed by atoms with Crippen molar-refractivity contribution in [2.75, 3.05) is 6.61 Å². The smallest absolute Gasteiger partial charge is 0.0700 e. The third kappa shape index (κ3) is 7.96. The quantitative estimate of drug-likeness (QED) is 0.519. The largest absolute Gasteiger partial charge is 0.379 e. The Morgan fingerprint density at radius 2 is 1.90 bits per heavy atom. The van der Waals surface area contributed by atoms with Crippen molar-refractivity contribution in [1.29, 1.82) is 0 Å². The van der Waals surface area contributed by atoms with Crippen LogP contribution >= 0.6 is 0 Å². The van der Waals surface area contributed by atoms with Crippen molar-refractivity contribution >= 4 is 0 Å². The molecule has 0 saturated heterocycles. The summed E-state index contributed by atoms with van der Waals surface area (Å²) < 4.78 is 4.70. The van der Waals surface area contributed by atoms with Crippen LogP contribution in [-0.4, -0.2) is 6.61 Å². The fourth-order valence-corrected chi connectivity index (χ4v) is 0.933. The van der Waals surface area contributed by atoms with Crippen LogP contribution in [0.5, 0.6) is 0 Å². The topological polar surface area (TPSA) is 9.23 Å². The van der Waals surface area contributed by atoms with Gasteiger partial charge in [-0.1, -0.05) is 33.1 Å². The summed E-state index contributed by atoms with van der Waals surface area (Å²) in [5.41, 5.74) is 0.